The molecule has 1 N–H and O–H groups in total. The summed E-state index contributed by atoms with van der Waals surface area (Å²) < 4.78 is 17.1. The van der Waals surface area contributed by atoms with Crippen molar-refractivity contribution in [3.05, 3.63) is 39.9 Å². The number of aryl methyl sites for hydroxylation is 1. The zero-order valence-corrected chi connectivity index (χ0v) is 29.9. The third-order valence-corrected chi connectivity index (χ3v) is 7.14. The van der Waals surface area contributed by atoms with E-state index in [9.17, 15) is 24.5 Å². The van der Waals surface area contributed by atoms with Crippen LogP contribution in [0.4, 0.5) is 5.69 Å². The zero-order chi connectivity index (χ0) is 35.4. The Morgan fingerprint density at radius 1 is 0.745 bits per heavy atom. The van der Waals surface area contributed by atoms with E-state index >= 15 is 0 Å². The normalized spacial score (nSPS) is 17.6. The van der Waals surface area contributed by atoms with Crippen molar-refractivity contribution in [1.29, 1.82) is 0 Å². The summed E-state index contributed by atoms with van der Waals surface area (Å²) >= 11 is 0. The van der Waals surface area contributed by atoms with Crippen molar-refractivity contribution in [1.82, 2.24) is 20.0 Å². The number of carbonyl (C=O) groups is 3. The van der Waals surface area contributed by atoms with E-state index in [-0.39, 0.29) is 36.7 Å². The van der Waals surface area contributed by atoms with E-state index in [0.29, 0.717) is 65.2 Å². The number of carbonyl (C=O) groups excluding carboxylic acids is 3. The third-order valence-electron chi connectivity index (χ3n) is 7.14. The van der Waals surface area contributed by atoms with Gasteiger partial charge in [0.05, 0.1) is 18.0 Å². The number of ether oxygens (including phenoxy) is 3. The number of esters is 3. The Balaban J connectivity index is 2.37. The molecule has 266 valence electrons. The van der Waals surface area contributed by atoms with Crippen LogP contribution in [0.2, 0.25) is 0 Å². The number of benzene rings is 1. The van der Waals surface area contributed by atoms with Crippen molar-refractivity contribution in [2.75, 3.05) is 65.4 Å². The Morgan fingerprint density at radius 3 is 1.60 bits per heavy atom. The van der Waals surface area contributed by atoms with Gasteiger partial charge >= 0.3 is 17.9 Å². The summed E-state index contributed by atoms with van der Waals surface area (Å²) in [4.78, 5) is 56.2. The van der Waals surface area contributed by atoms with Gasteiger partial charge in [-0.15, -0.1) is 0 Å². The molecule has 2 rings (SSSR count). The van der Waals surface area contributed by atoms with Gasteiger partial charge in [0.1, 0.15) is 22.8 Å². The third kappa shape index (κ3) is 17.0. The van der Waals surface area contributed by atoms with Gasteiger partial charge in [-0.1, -0.05) is 12.1 Å². The second kappa shape index (κ2) is 17.9. The Bertz CT molecular complexity index is 1130. The quantitative estimate of drug-likeness (QED) is 0.170. The van der Waals surface area contributed by atoms with Crippen molar-refractivity contribution in [2.45, 2.75) is 98.0 Å². The molecule has 13 heteroatoms. The first-order valence-electron chi connectivity index (χ1n) is 16.5. The van der Waals surface area contributed by atoms with E-state index in [1.807, 2.05) is 72.1 Å². The number of rotatable bonds is 10. The van der Waals surface area contributed by atoms with Gasteiger partial charge in [0.25, 0.3) is 5.69 Å². The lowest BCUT2D eigenvalue weighted by Crippen LogP contribution is -2.52. The number of nitro groups is 1. The van der Waals surface area contributed by atoms with E-state index in [4.69, 9.17) is 14.2 Å². The number of hydrogen-bond acceptors (Lipinski definition) is 12. The highest BCUT2D eigenvalue weighted by Gasteiger charge is 2.32. The maximum atomic E-state index is 13.8. The van der Waals surface area contributed by atoms with Crippen LogP contribution in [-0.4, -0.2) is 126 Å². The molecule has 1 fully saturated rings. The molecule has 0 saturated carbocycles. The lowest BCUT2D eigenvalue weighted by molar-refractivity contribution is -0.384. The molecule has 1 aliphatic rings. The highest BCUT2D eigenvalue weighted by Crippen LogP contribution is 2.19. The van der Waals surface area contributed by atoms with Gasteiger partial charge in [-0.2, -0.15) is 0 Å². The van der Waals surface area contributed by atoms with E-state index < -0.39 is 27.8 Å². The van der Waals surface area contributed by atoms with Crippen LogP contribution in [0.25, 0.3) is 0 Å². The lowest BCUT2D eigenvalue weighted by atomic mass is 10.0. The molecule has 0 aliphatic carbocycles. The molecule has 1 aliphatic heterocycles. The van der Waals surface area contributed by atoms with Crippen LogP contribution >= 0.6 is 0 Å². The van der Waals surface area contributed by atoms with Crippen molar-refractivity contribution in [3.63, 3.8) is 0 Å². The second-order valence-corrected chi connectivity index (χ2v) is 15.0. The summed E-state index contributed by atoms with van der Waals surface area (Å²) in [6.45, 7) is 21.0. The average Bonchev–Trinajstić information content (AvgIpc) is 2.89. The van der Waals surface area contributed by atoms with Crippen molar-refractivity contribution in [3.8, 4) is 0 Å². The molecule has 1 aromatic carbocycles. The summed E-state index contributed by atoms with van der Waals surface area (Å²) in [5, 5.41) is 14.6. The number of nitrogens with zero attached hydrogens (tertiary/aromatic N) is 4. The fourth-order valence-electron chi connectivity index (χ4n) is 5.12. The van der Waals surface area contributed by atoms with Crippen LogP contribution in [-0.2, 0) is 35.0 Å². The maximum Gasteiger partial charge on any atom is 0.323 e. The molecule has 0 amide bonds. The monoisotopic (exact) mass is 663 g/mol. The molecule has 1 atom stereocenters. The number of nitrogens with one attached hydrogen (secondary N) is 1. The van der Waals surface area contributed by atoms with Gasteiger partial charge in [-0.05, 0) is 80.7 Å². The Kier molecular flexibility index (Phi) is 15.2. The fraction of sp³-hybridized carbons (Fsp3) is 0.735. The predicted molar refractivity (Wildman–Crippen MR) is 180 cm³/mol. The van der Waals surface area contributed by atoms with Gasteiger partial charge in [-0.3, -0.25) is 39.2 Å². The molecule has 1 unspecified atom stereocenters. The number of nitro benzene ring substituents is 1. The Hall–Kier alpha value is -3.13. The van der Waals surface area contributed by atoms with E-state index in [0.717, 1.165) is 5.56 Å². The predicted octanol–water partition coefficient (Wildman–Crippen LogP) is 3.43. The zero-order valence-electron chi connectivity index (χ0n) is 29.9. The number of hydrogen-bond donors (Lipinski definition) is 1. The topological polar surface area (TPSA) is 144 Å². The highest BCUT2D eigenvalue weighted by molar-refractivity contribution is 5.76. The molecule has 0 radical (unpaired) electrons. The first-order valence-corrected chi connectivity index (χ1v) is 16.5. The van der Waals surface area contributed by atoms with Crippen molar-refractivity contribution < 1.29 is 33.5 Å². The summed E-state index contributed by atoms with van der Waals surface area (Å²) in [5.74, 6) is -1.01. The average molecular weight is 664 g/mol. The van der Waals surface area contributed by atoms with Crippen molar-refractivity contribution >= 4 is 23.6 Å². The van der Waals surface area contributed by atoms with Gasteiger partial charge < -0.3 is 19.5 Å². The smallest absolute Gasteiger partial charge is 0.323 e. The van der Waals surface area contributed by atoms with Crippen LogP contribution in [0.3, 0.4) is 0 Å². The summed E-state index contributed by atoms with van der Waals surface area (Å²) in [6, 6.07) is 5.70. The molecule has 13 nitrogen and oxygen atoms in total. The summed E-state index contributed by atoms with van der Waals surface area (Å²) in [7, 11) is 0. The molecular weight excluding hydrogens is 606 g/mol. The van der Waals surface area contributed by atoms with E-state index in [1.165, 1.54) is 12.1 Å². The Morgan fingerprint density at radius 2 is 1.19 bits per heavy atom. The molecule has 0 aromatic heterocycles. The first kappa shape index (κ1) is 40.0. The molecule has 1 aromatic rings. The molecule has 47 heavy (non-hydrogen) atoms. The molecule has 0 spiro atoms. The van der Waals surface area contributed by atoms with Gasteiger partial charge in [0.15, 0.2) is 0 Å². The van der Waals surface area contributed by atoms with E-state index in [1.54, 1.807) is 12.1 Å². The first-order chi connectivity index (χ1) is 21.7. The minimum atomic E-state index is -0.716. The second-order valence-electron chi connectivity index (χ2n) is 15.0. The molecular formula is C34H57N5O8. The number of non-ortho nitro benzene ring substituents is 1. The van der Waals surface area contributed by atoms with E-state index in [2.05, 4.69) is 10.2 Å². The van der Waals surface area contributed by atoms with Gasteiger partial charge in [-0.25, -0.2) is 0 Å². The molecule has 0 bridgehead atoms. The highest BCUT2D eigenvalue weighted by atomic mass is 16.6. The van der Waals surface area contributed by atoms with Crippen LogP contribution in [0.15, 0.2) is 24.3 Å². The van der Waals surface area contributed by atoms with Crippen molar-refractivity contribution in [2.24, 2.45) is 0 Å². The van der Waals surface area contributed by atoms with Gasteiger partial charge in [0.2, 0.25) is 0 Å². The fourth-order valence-corrected chi connectivity index (χ4v) is 5.12. The molecule has 1 heterocycles. The summed E-state index contributed by atoms with van der Waals surface area (Å²) in [5.41, 5.74) is -1.06. The Labute approximate surface area is 280 Å². The standard InChI is InChI=1S/C34H57N5O8/c1-32(2,3)45-29(40)24-36-18-16-35-17-19-37(25-30(41)46-33(4,5)6)21-23-38(22-20-36)28(31(42)47-34(7,8)9)15-12-26-10-13-27(14-11-26)39(43)44/h10-11,13-14,28,35H,12,15-25H2,1-9H3. The summed E-state index contributed by atoms with van der Waals surface area (Å²) in [6.07, 6.45) is 0.901. The van der Waals surface area contributed by atoms with Crippen LogP contribution in [0.1, 0.15) is 74.3 Å². The minimum absolute atomic E-state index is 0.00477. The van der Waals surface area contributed by atoms with Gasteiger partial charge in [0, 0.05) is 64.5 Å². The SMILES string of the molecule is CC(C)(C)OC(=O)CN1CCNCCN(CC(=O)OC(C)(C)C)CCN(C(CCc2ccc([N+](=O)[O-])cc2)C(=O)OC(C)(C)C)CC1. The molecule has 1 saturated heterocycles. The largest absolute Gasteiger partial charge is 0.459 e. The van der Waals surface area contributed by atoms with Crippen LogP contribution < -0.4 is 5.32 Å². The maximum absolute atomic E-state index is 13.8. The van der Waals surface area contributed by atoms with Crippen LogP contribution in [0, 0.1) is 10.1 Å². The van der Waals surface area contributed by atoms with Crippen LogP contribution in [0.5, 0.6) is 0 Å². The minimum Gasteiger partial charge on any atom is -0.459 e. The lowest BCUT2D eigenvalue weighted by Gasteiger charge is -2.36.